The van der Waals surface area contributed by atoms with Crippen molar-refractivity contribution in [2.75, 3.05) is 0 Å². The van der Waals surface area contributed by atoms with Crippen molar-refractivity contribution in [2.24, 2.45) is 0 Å². The maximum Gasteiger partial charge on any atom is 0.379 e. The molecule has 0 radical (unpaired) electrons. The second-order valence-corrected chi connectivity index (χ2v) is 7.02. The van der Waals surface area contributed by atoms with E-state index in [9.17, 15) is 9.59 Å². The number of hydrogen-bond donors (Lipinski definition) is 0. The van der Waals surface area contributed by atoms with Crippen LogP contribution in [0.1, 0.15) is 43.4 Å². The van der Waals surface area contributed by atoms with Gasteiger partial charge in [-0.05, 0) is 49.2 Å². The summed E-state index contributed by atoms with van der Waals surface area (Å²) in [5.74, 6) is -1.19. The lowest BCUT2D eigenvalue weighted by Gasteiger charge is -2.18. The zero-order valence-electron chi connectivity index (χ0n) is 17.5. The first-order valence-electron chi connectivity index (χ1n) is 9.92. The molecule has 0 aliphatic heterocycles. The summed E-state index contributed by atoms with van der Waals surface area (Å²) in [6.07, 6.45) is 2.76. The van der Waals surface area contributed by atoms with Crippen LogP contribution in [0.25, 0.3) is 11.5 Å². The summed E-state index contributed by atoms with van der Waals surface area (Å²) < 4.78 is 22.0. The molecule has 0 spiro atoms. The van der Waals surface area contributed by atoms with E-state index in [1.54, 1.807) is 24.3 Å². The van der Waals surface area contributed by atoms with Crippen molar-refractivity contribution in [3.63, 3.8) is 0 Å². The summed E-state index contributed by atoms with van der Waals surface area (Å²) in [7, 11) is 0. The van der Waals surface area contributed by atoms with E-state index in [-0.39, 0.29) is 23.0 Å². The van der Waals surface area contributed by atoms with Gasteiger partial charge in [-0.15, -0.1) is 0 Å². The summed E-state index contributed by atoms with van der Waals surface area (Å²) in [6, 6.07) is 20.9. The summed E-state index contributed by atoms with van der Waals surface area (Å²) in [5.41, 5.74) is 2.85. The number of furan rings is 2. The Balaban J connectivity index is 1.91. The molecule has 2 aromatic heterocycles. The van der Waals surface area contributed by atoms with Gasteiger partial charge in [0.1, 0.15) is 0 Å². The fourth-order valence-corrected chi connectivity index (χ4v) is 3.18. The Morgan fingerprint density at radius 1 is 0.594 bits per heavy atom. The monoisotopic (exact) mass is 428 g/mol. The fourth-order valence-electron chi connectivity index (χ4n) is 3.18. The molecule has 0 atom stereocenters. The third-order valence-corrected chi connectivity index (χ3v) is 4.82. The lowest BCUT2D eigenvalue weighted by Crippen LogP contribution is -2.11. The quantitative estimate of drug-likeness (QED) is 0.212. The minimum Gasteiger partial charge on any atom is -0.457 e. The van der Waals surface area contributed by atoms with Gasteiger partial charge in [-0.2, -0.15) is 0 Å². The molecule has 0 unspecified atom stereocenters. The predicted molar refractivity (Wildman–Crippen MR) is 117 cm³/mol. The van der Waals surface area contributed by atoms with Crippen LogP contribution in [0.3, 0.4) is 0 Å². The van der Waals surface area contributed by atoms with Crippen molar-refractivity contribution in [1.29, 1.82) is 0 Å². The molecule has 0 aliphatic rings. The van der Waals surface area contributed by atoms with Crippen molar-refractivity contribution in [3.05, 3.63) is 119 Å². The number of rotatable bonds is 6. The fraction of sp³-hybridized carbons (Fsp3) is 0.0769. The normalized spacial score (nSPS) is 11.6. The first-order valence-corrected chi connectivity index (χ1v) is 9.92. The van der Waals surface area contributed by atoms with Crippen LogP contribution in [0.5, 0.6) is 0 Å². The van der Waals surface area contributed by atoms with Gasteiger partial charge in [0, 0.05) is 11.1 Å². The molecule has 2 aromatic carbocycles. The van der Waals surface area contributed by atoms with Crippen LogP contribution < -0.4 is 0 Å². The molecule has 6 heteroatoms. The Kier molecular flexibility index (Phi) is 6.03. The number of carbonyl (C=O) groups excluding carboxylic acids is 2. The number of esters is 2. The molecule has 0 fully saturated rings. The average molecular weight is 428 g/mol. The zero-order chi connectivity index (χ0) is 22.5. The molecule has 32 heavy (non-hydrogen) atoms. The van der Waals surface area contributed by atoms with Crippen molar-refractivity contribution in [3.8, 4) is 0 Å². The number of aryl methyl sites for hydroxylation is 2. The summed E-state index contributed by atoms with van der Waals surface area (Å²) in [4.78, 5) is 25.7. The molecule has 0 saturated carbocycles. The molecule has 0 aliphatic carbocycles. The van der Waals surface area contributed by atoms with Gasteiger partial charge < -0.3 is 18.3 Å². The third-order valence-electron chi connectivity index (χ3n) is 4.82. The van der Waals surface area contributed by atoms with E-state index < -0.39 is 11.9 Å². The molecule has 0 amide bonds. The van der Waals surface area contributed by atoms with Gasteiger partial charge >= 0.3 is 11.9 Å². The molecular formula is C26H20O6. The first kappa shape index (κ1) is 20.9. The number of carbonyl (C=O) groups is 2. The first-order chi connectivity index (χ1) is 15.5. The van der Waals surface area contributed by atoms with Crippen LogP contribution in [0.15, 0.2) is 94.2 Å². The molecule has 0 saturated heterocycles. The number of hydrogen-bond acceptors (Lipinski definition) is 6. The summed E-state index contributed by atoms with van der Waals surface area (Å²) >= 11 is 0. The lowest BCUT2D eigenvalue weighted by molar-refractivity contribution is 0.0612. The topological polar surface area (TPSA) is 78.9 Å². The second kappa shape index (κ2) is 9.22. The van der Waals surface area contributed by atoms with E-state index in [1.807, 2.05) is 50.2 Å². The van der Waals surface area contributed by atoms with Crippen molar-refractivity contribution in [1.82, 2.24) is 0 Å². The summed E-state index contributed by atoms with van der Waals surface area (Å²) in [6.45, 7) is 3.75. The predicted octanol–water partition coefficient (Wildman–Crippen LogP) is 6.03. The Morgan fingerprint density at radius 2 is 1.00 bits per heavy atom. The van der Waals surface area contributed by atoms with E-state index in [1.165, 1.54) is 24.7 Å². The number of ether oxygens (including phenoxy) is 2. The van der Waals surface area contributed by atoms with Crippen LogP contribution in [0.2, 0.25) is 0 Å². The highest BCUT2D eigenvalue weighted by Gasteiger charge is 2.26. The van der Waals surface area contributed by atoms with E-state index in [0.29, 0.717) is 11.1 Å². The Hall–Kier alpha value is -4.32. The molecule has 4 rings (SSSR count). The van der Waals surface area contributed by atoms with Crippen LogP contribution in [0.4, 0.5) is 0 Å². The van der Waals surface area contributed by atoms with Gasteiger partial charge in [0.25, 0.3) is 0 Å². The lowest BCUT2D eigenvalue weighted by atomic mass is 10.0. The second-order valence-electron chi connectivity index (χ2n) is 7.02. The highest BCUT2D eigenvalue weighted by atomic mass is 16.6. The van der Waals surface area contributed by atoms with Crippen LogP contribution >= 0.6 is 0 Å². The van der Waals surface area contributed by atoms with Crippen molar-refractivity contribution < 1.29 is 27.9 Å². The molecular weight excluding hydrogens is 408 g/mol. The number of benzene rings is 2. The smallest absolute Gasteiger partial charge is 0.379 e. The molecule has 0 N–H and O–H groups in total. The van der Waals surface area contributed by atoms with Gasteiger partial charge in [-0.1, -0.05) is 48.5 Å². The van der Waals surface area contributed by atoms with Crippen LogP contribution in [-0.4, -0.2) is 11.9 Å². The molecule has 6 nitrogen and oxygen atoms in total. The van der Waals surface area contributed by atoms with E-state index in [0.717, 1.165) is 11.1 Å². The van der Waals surface area contributed by atoms with Gasteiger partial charge in [0.2, 0.25) is 11.5 Å². The largest absolute Gasteiger partial charge is 0.457 e. The van der Waals surface area contributed by atoms with Gasteiger partial charge in [-0.25, -0.2) is 9.59 Å². The highest BCUT2D eigenvalue weighted by Crippen LogP contribution is 2.33. The van der Waals surface area contributed by atoms with E-state index in [2.05, 4.69) is 0 Å². The average Bonchev–Trinajstić information content (AvgIpc) is 3.52. The standard InChI is InChI=1S/C26H20O6/c1-17-9-3-5-11-19(17)23(31-25(27)21-13-7-15-29-21)24(20-12-6-4-10-18(20)2)32-26(28)22-14-8-16-30-22/h3-16H,1-2H3. The summed E-state index contributed by atoms with van der Waals surface area (Å²) in [5, 5.41) is 0. The zero-order valence-corrected chi connectivity index (χ0v) is 17.5. The Bertz CT molecular complexity index is 1160. The van der Waals surface area contributed by atoms with Crippen LogP contribution in [-0.2, 0) is 9.47 Å². The van der Waals surface area contributed by atoms with E-state index in [4.69, 9.17) is 18.3 Å². The SMILES string of the molecule is Cc1ccccc1C(OC(=O)c1ccco1)=C(OC(=O)c1ccco1)c1ccccc1C. The van der Waals surface area contributed by atoms with Crippen molar-refractivity contribution in [2.45, 2.75) is 13.8 Å². The highest BCUT2D eigenvalue weighted by molar-refractivity contribution is 5.99. The molecule has 4 aromatic rings. The minimum atomic E-state index is -0.714. The van der Waals surface area contributed by atoms with Gasteiger partial charge in [-0.3, -0.25) is 0 Å². The Morgan fingerprint density at radius 3 is 1.34 bits per heavy atom. The van der Waals surface area contributed by atoms with Crippen molar-refractivity contribution >= 4 is 23.5 Å². The molecule has 160 valence electrons. The molecule has 2 heterocycles. The maximum absolute atomic E-state index is 12.8. The third kappa shape index (κ3) is 4.39. The molecule has 0 bridgehead atoms. The van der Waals surface area contributed by atoms with E-state index >= 15 is 0 Å². The van der Waals surface area contributed by atoms with Gasteiger partial charge in [0.15, 0.2) is 11.5 Å². The maximum atomic E-state index is 12.8. The van der Waals surface area contributed by atoms with Gasteiger partial charge in [0.05, 0.1) is 12.5 Å². The minimum absolute atomic E-state index is 0.0255. The van der Waals surface area contributed by atoms with Crippen LogP contribution in [0, 0.1) is 13.8 Å². The Labute approximate surface area is 184 Å².